The summed E-state index contributed by atoms with van der Waals surface area (Å²) in [4.78, 5) is 0. The van der Waals surface area contributed by atoms with Crippen LogP contribution in [0.1, 0.15) is 19.4 Å². The number of benzene rings is 1. The highest BCUT2D eigenvalue weighted by Gasteiger charge is 2.10. The topological polar surface area (TPSA) is 0 Å². The Morgan fingerprint density at radius 1 is 1.25 bits per heavy atom. The van der Waals surface area contributed by atoms with Gasteiger partial charge in [-0.25, -0.2) is 0 Å². The second kappa shape index (κ2) is 4.98. The van der Waals surface area contributed by atoms with Crippen LogP contribution in [0.4, 0.5) is 0 Å². The lowest BCUT2D eigenvalue weighted by Crippen LogP contribution is -1.95. The summed E-state index contributed by atoms with van der Waals surface area (Å²) in [5, 5.41) is 0. The largest absolute Gasteiger partial charge is 0.0841 e. The van der Waals surface area contributed by atoms with Crippen LogP contribution in [0.5, 0.6) is 0 Å². The molecule has 0 N–H and O–H groups in total. The Labute approximate surface area is 98.0 Å². The molecule has 1 aromatic carbocycles. The van der Waals surface area contributed by atoms with Crippen molar-refractivity contribution in [2.24, 2.45) is 5.92 Å². The zero-order chi connectivity index (χ0) is 11.4. The van der Waals surface area contributed by atoms with Gasteiger partial charge in [0.1, 0.15) is 0 Å². The number of allylic oxidation sites excluding steroid dienone is 6. The third kappa shape index (κ3) is 2.52. The van der Waals surface area contributed by atoms with Crippen LogP contribution in [-0.2, 0) is 6.42 Å². The molecule has 0 spiro atoms. The molecular weight excluding hydrogens is 192 g/mol. The molecule has 0 saturated carbocycles. The van der Waals surface area contributed by atoms with Crippen molar-refractivity contribution in [2.45, 2.75) is 20.3 Å². The van der Waals surface area contributed by atoms with E-state index in [1.807, 2.05) is 0 Å². The van der Waals surface area contributed by atoms with Crippen molar-refractivity contribution < 1.29 is 0 Å². The molecule has 1 aliphatic rings. The van der Waals surface area contributed by atoms with Gasteiger partial charge >= 0.3 is 0 Å². The molecule has 0 fully saturated rings. The Bertz CT molecular complexity index is 432. The molecule has 0 saturated heterocycles. The smallest absolute Gasteiger partial charge is 0.0000652 e. The van der Waals surface area contributed by atoms with Crippen molar-refractivity contribution in [3.8, 4) is 0 Å². The van der Waals surface area contributed by atoms with Crippen molar-refractivity contribution in [3.05, 3.63) is 71.3 Å². The summed E-state index contributed by atoms with van der Waals surface area (Å²) < 4.78 is 0. The summed E-state index contributed by atoms with van der Waals surface area (Å²) in [5.74, 6) is 0.562. The zero-order valence-electron chi connectivity index (χ0n) is 9.98. The molecule has 0 radical (unpaired) electrons. The van der Waals surface area contributed by atoms with E-state index in [1.165, 1.54) is 16.7 Å². The highest BCUT2D eigenvalue weighted by molar-refractivity contribution is 5.44. The first-order valence-corrected chi connectivity index (χ1v) is 5.87. The standard InChI is InChI=1S/C16H18/c1-3-13(2)16-10-9-15(12-16)11-14-7-5-4-6-8-14/h3-10,12,15H,11H2,1-2H3/b13-3+. The van der Waals surface area contributed by atoms with Crippen LogP contribution in [0.3, 0.4) is 0 Å². The van der Waals surface area contributed by atoms with Crippen LogP contribution in [0, 0.1) is 5.92 Å². The number of hydrogen-bond acceptors (Lipinski definition) is 0. The van der Waals surface area contributed by atoms with Crippen molar-refractivity contribution in [2.75, 3.05) is 0 Å². The first-order chi connectivity index (χ1) is 7.79. The lowest BCUT2D eigenvalue weighted by atomic mass is 10.00. The minimum atomic E-state index is 0.562. The maximum absolute atomic E-state index is 2.36. The zero-order valence-corrected chi connectivity index (χ0v) is 9.98. The fraction of sp³-hybridized carbons (Fsp3) is 0.250. The average molecular weight is 210 g/mol. The number of rotatable bonds is 3. The van der Waals surface area contributed by atoms with Gasteiger partial charge in [-0.3, -0.25) is 0 Å². The van der Waals surface area contributed by atoms with E-state index in [2.05, 4.69) is 68.5 Å². The summed E-state index contributed by atoms with van der Waals surface area (Å²) in [6.45, 7) is 4.26. The summed E-state index contributed by atoms with van der Waals surface area (Å²) in [6, 6.07) is 10.7. The predicted octanol–water partition coefficient (Wildman–Crippen LogP) is 4.31. The van der Waals surface area contributed by atoms with Gasteiger partial charge < -0.3 is 0 Å². The van der Waals surface area contributed by atoms with Gasteiger partial charge in [-0.05, 0) is 42.9 Å². The summed E-state index contributed by atoms with van der Waals surface area (Å²) in [5.41, 5.74) is 4.16. The van der Waals surface area contributed by atoms with E-state index in [0.29, 0.717) is 5.92 Å². The molecule has 1 unspecified atom stereocenters. The van der Waals surface area contributed by atoms with Crippen molar-refractivity contribution in [1.29, 1.82) is 0 Å². The van der Waals surface area contributed by atoms with E-state index in [0.717, 1.165) is 6.42 Å². The van der Waals surface area contributed by atoms with Crippen LogP contribution >= 0.6 is 0 Å². The normalized spacial score (nSPS) is 20.0. The first kappa shape index (κ1) is 10.9. The highest BCUT2D eigenvalue weighted by atomic mass is 14.1. The monoisotopic (exact) mass is 210 g/mol. The Balaban J connectivity index is 2.05. The third-order valence-electron chi connectivity index (χ3n) is 3.12. The fourth-order valence-electron chi connectivity index (χ4n) is 2.01. The van der Waals surface area contributed by atoms with Gasteiger partial charge in [0.05, 0.1) is 0 Å². The maximum Gasteiger partial charge on any atom is -0.0000652 e. The van der Waals surface area contributed by atoms with Crippen LogP contribution < -0.4 is 0 Å². The van der Waals surface area contributed by atoms with Crippen LogP contribution in [-0.4, -0.2) is 0 Å². The van der Waals surface area contributed by atoms with Crippen molar-refractivity contribution in [3.63, 3.8) is 0 Å². The average Bonchev–Trinajstić information content (AvgIpc) is 2.78. The molecule has 0 heteroatoms. The molecule has 2 rings (SSSR count). The maximum atomic E-state index is 2.36. The van der Waals surface area contributed by atoms with E-state index in [-0.39, 0.29) is 0 Å². The van der Waals surface area contributed by atoms with Crippen LogP contribution in [0.2, 0.25) is 0 Å². The third-order valence-corrected chi connectivity index (χ3v) is 3.12. The molecule has 1 atom stereocenters. The van der Waals surface area contributed by atoms with Gasteiger partial charge in [-0.2, -0.15) is 0 Å². The molecule has 0 nitrogen and oxygen atoms in total. The molecule has 16 heavy (non-hydrogen) atoms. The van der Waals surface area contributed by atoms with E-state index >= 15 is 0 Å². The summed E-state index contributed by atoms with van der Waals surface area (Å²) in [7, 11) is 0. The van der Waals surface area contributed by atoms with Gasteiger partial charge in [0.2, 0.25) is 0 Å². The van der Waals surface area contributed by atoms with Crippen LogP contribution in [0.25, 0.3) is 0 Å². The van der Waals surface area contributed by atoms with Gasteiger partial charge in [0, 0.05) is 0 Å². The Kier molecular flexibility index (Phi) is 3.40. The molecule has 0 aromatic heterocycles. The van der Waals surface area contributed by atoms with E-state index in [4.69, 9.17) is 0 Å². The molecular formula is C16H18. The minimum Gasteiger partial charge on any atom is -0.0841 e. The minimum absolute atomic E-state index is 0.562. The van der Waals surface area contributed by atoms with Gasteiger partial charge in [-0.15, -0.1) is 0 Å². The van der Waals surface area contributed by atoms with Gasteiger partial charge in [-0.1, -0.05) is 54.6 Å². The Hall–Kier alpha value is -1.56. The molecule has 0 aliphatic heterocycles. The SMILES string of the molecule is C/C=C(\C)C1=CC(Cc2ccccc2)C=C1. The molecule has 1 aliphatic carbocycles. The predicted molar refractivity (Wildman–Crippen MR) is 70.3 cm³/mol. The number of hydrogen-bond donors (Lipinski definition) is 0. The van der Waals surface area contributed by atoms with E-state index in [1.54, 1.807) is 0 Å². The quantitative estimate of drug-likeness (QED) is 0.697. The first-order valence-electron chi connectivity index (χ1n) is 5.87. The van der Waals surface area contributed by atoms with Gasteiger partial charge in [0.25, 0.3) is 0 Å². The highest BCUT2D eigenvalue weighted by Crippen LogP contribution is 2.24. The summed E-state index contributed by atoms with van der Waals surface area (Å²) >= 11 is 0. The van der Waals surface area contributed by atoms with Gasteiger partial charge in [0.15, 0.2) is 0 Å². The fourth-order valence-corrected chi connectivity index (χ4v) is 2.01. The lowest BCUT2D eigenvalue weighted by Gasteiger charge is -2.05. The molecule has 0 heterocycles. The van der Waals surface area contributed by atoms with E-state index in [9.17, 15) is 0 Å². The lowest BCUT2D eigenvalue weighted by molar-refractivity contribution is 0.814. The van der Waals surface area contributed by atoms with Crippen molar-refractivity contribution >= 4 is 0 Å². The second-order valence-corrected chi connectivity index (χ2v) is 4.31. The second-order valence-electron chi connectivity index (χ2n) is 4.31. The van der Waals surface area contributed by atoms with Crippen molar-refractivity contribution in [1.82, 2.24) is 0 Å². The molecule has 0 amide bonds. The Morgan fingerprint density at radius 3 is 2.69 bits per heavy atom. The molecule has 1 aromatic rings. The summed E-state index contributed by atoms with van der Waals surface area (Å²) in [6.07, 6.45) is 10.2. The van der Waals surface area contributed by atoms with Crippen LogP contribution in [0.15, 0.2) is 65.8 Å². The molecule has 0 bridgehead atoms. The Morgan fingerprint density at radius 2 is 2.00 bits per heavy atom. The molecule has 82 valence electrons. The van der Waals surface area contributed by atoms with E-state index < -0.39 is 0 Å².